The van der Waals surface area contributed by atoms with Gasteiger partial charge in [-0.15, -0.1) is 0 Å². The lowest BCUT2D eigenvalue weighted by Crippen LogP contribution is -2.36. The molecule has 0 saturated carbocycles. The first-order chi connectivity index (χ1) is 11.7. The Morgan fingerprint density at radius 1 is 1.33 bits per heavy atom. The highest BCUT2D eigenvalue weighted by Gasteiger charge is 2.27. The number of anilines is 1. The van der Waals surface area contributed by atoms with E-state index in [0.717, 1.165) is 42.5 Å². The van der Waals surface area contributed by atoms with Crippen LogP contribution in [0.5, 0.6) is 0 Å². The van der Waals surface area contributed by atoms with E-state index in [1.54, 1.807) is 12.1 Å². The molecule has 0 aliphatic carbocycles. The van der Waals surface area contributed by atoms with Gasteiger partial charge in [0.25, 0.3) is 0 Å². The van der Waals surface area contributed by atoms with Crippen LogP contribution in [0, 0.1) is 11.7 Å². The van der Waals surface area contributed by atoms with E-state index >= 15 is 0 Å². The van der Waals surface area contributed by atoms with Gasteiger partial charge < -0.3 is 9.64 Å². The number of ether oxygens (including phenoxy) is 1. The van der Waals surface area contributed by atoms with E-state index < -0.39 is 0 Å². The summed E-state index contributed by atoms with van der Waals surface area (Å²) in [7, 11) is 0. The summed E-state index contributed by atoms with van der Waals surface area (Å²) in [6.45, 7) is 3.84. The zero-order chi connectivity index (χ0) is 16.9. The van der Waals surface area contributed by atoms with Crippen molar-refractivity contribution in [2.24, 2.45) is 5.92 Å². The Labute approximate surface area is 144 Å². The third-order valence-electron chi connectivity index (χ3n) is 4.12. The molecule has 1 aliphatic rings. The predicted molar refractivity (Wildman–Crippen MR) is 90.7 cm³/mol. The number of rotatable bonds is 5. The molecule has 0 bridgehead atoms. The molecule has 2 heterocycles. The number of esters is 1. The molecular weight excluding hydrogens is 329 g/mol. The van der Waals surface area contributed by atoms with Crippen LogP contribution in [0.15, 0.2) is 24.3 Å². The second kappa shape index (κ2) is 7.70. The number of hydrogen-bond donors (Lipinski definition) is 0. The van der Waals surface area contributed by atoms with Gasteiger partial charge in [0.1, 0.15) is 11.6 Å². The fourth-order valence-corrected chi connectivity index (χ4v) is 3.53. The summed E-state index contributed by atoms with van der Waals surface area (Å²) < 4.78 is 22.4. The minimum atomic E-state index is -0.241. The third-order valence-corrected chi connectivity index (χ3v) is 4.93. The highest BCUT2D eigenvalue weighted by atomic mass is 32.1. The molecule has 0 radical (unpaired) electrons. The maximum absolute atomic E-state index is 12.9. The van der Waals surface area contributed by atoms with Crippen molar-refractivity contribution in [3.63, 3.8) is 0 Å². The fourth-order valence-electron chi connectivity index (χ4n) is 2.80. The first-order valence-electron chi connectivity index (χ1n) is 8.14. The Balaban J connectivity index is 1.56. The number of carbonyl (C=O) groups is 1. The highest BCUT2D eigenvalue weighted by Crippen LogP contribution is 2.26. The SMILES string of the molecule is CCOC(=O)C1CCN(c2nc(Cc3ccc(F)cc3)ns2)CC1. The van der Waals surface area contributed by atoms with Crippen LogP contribution < -0.4 is 4.90 Å². The van der Waals surface area contributed by atoms with Gasteiger partial charge in [-0.25, -0.2) is 9.37 Å². The molecule has 1 fully saturated rings. The molecule has 0 unspecified atom stereocenters. The van der Waals surface area contributed by atoms with E-state index in [9.17, 15) is 9.18 Å². The van der Waals surface area contributed by atoms with Crippen molar-refractivity contribution in [2.75, 3.05) is 24.6 Å². The number of piperidine rings is 1. The van der Waals surface area contributed by atoms with Crippen LogP contribution in [0.1, 0.15) is 31.2 Å². The average Bonchev–Trinajstić information content (AvgIpc) is 3.06. The second-order valence-electron chi connectivity index (χ2n) is 5.81. The molecule has 1 aromatic heterocycles. The molecular formula is C17H20FN3O2S. The molecule has 0 N–H and O–H groups in total. The number of aromatic nitrogens is 2. The zero-order valence-electron chi connectivity index (χ0n) is 13.6. The summed E-state index contributed by atoms with van der Waals surface area (Å²) in [6.07, 6.45) is 2.16. The minimum absolute atomic E-state index is 0.00666. The lowest BCUT2D eigenvalue weighted by Gasteiger charge is -2.30. The Hall–Kier alpha value is -2.02. The van der Waals surface area contributed by atoms with Crippen LogP contribution >= 0.6 is 11.5 Å². The molecule has 0 amide bonds. The molecule has 5 nitrogen and oxygen atoms in total. The van der Waals surface area contributed by atoms with Crippen molar-refractivity contribution in [2.45, 2.75) is 26.2 Å². The van der Waals surface area contributed by atoms with E-state index in [1.165, 1.54) is 23.7 Å². The van der Waals surface area contributed by atoms with Gasteiger partial charge in [-0.3, -0.25) is 4.79 Å². The van der Waals surface area contributed by atoms with Crippen LogP contribution in [-0.4, -0.2) is 35.0 Å². The van der Waals surface area contributed by atoms with Crippen LogP contribution in [0.2, 0.25) is 0 Å². The monoisotopic (exact) mass is 349 g/mol. The van der Waals surface area contributed by atoms with Crippen LogP contribution in [0.3, 0.4) is 0 Å². The van der Waals surface area contributed by atoms with Gasteiger partial charge in [0, 0.05) is 31.0 Å². The number of hydrogen-bond acceptors (Lipinski definition) is 6. The predicted octanol–water partition coefficient (Wildman–Crippen LogP) is 3.05. The third kappa shape index (κ3) is 4.08. The van der Waals surface area contributed by atoms with Gasteiger partial charge in [0.2, 0.25) is 5.13 Å². The smallest absolute Gasteiger partial charge is 0.309 e. The number of benzene rings is 1. The van der Waals surface area contributed by atoms with E-state index in [2.05, 4.69) is 14.3 Å². The van der Waals surface area contributed by atoms with Crippen molar-refractivity contribution < 1.29 is 13.9 Å². The van der Waals surface area contributed by atoms with Crippen molar-refractivity contribution >= 4 is 22.6 Å². The standard InChI is InChI=1S/C17H20FN3O2S/c1-2-23-16(22)13-7-9-21(10-8-13)17-19-15(20-24-17)11-12-3-5-14(18)6-4-12/h3-6,13H,2,7-11H2,1H3. The van der Waals surface area contributed by atoms with Gasteiger partial charge in [0.05, 0.1) is 12.5 Å². The van der Waals surface area contributed by atoms with E-state index in [4.69, 9.17) is 4.74 Å². The van der Waals surface area contributed by atoms with Crippen molar-refractivity contribution in [1.29, 1.82) is 0 Å². The Morgan fingerprint density at radius 2 is 2.04 bits per heavy atom. The lowest BCUT2D eigenvalue weighted by molar-refractivity contribution is -0.148. The Bertz CT molecular complexity index is 681. The highest BCUT2D eigenvalue weighted by molar-refractivity contribution is 7.09. The summed E-state index contributed by atoms with van der Waals surface area (Å²) in [4.78, 5) is 18.5. The molecule has 1 aliphatic heterocycles. The summed E-state index contributed by atoms with van der Waals surface area (Å²) >= 11 is 1.37. The van der Waals surface area contributed by atoms with Crippen molar-refractivity contribution in [3.05, 3.63) is 41.5 Å². The van der Waals surface area contributed by atoms with Crippen LogP contribution in [-0.2, 0) is 16.0 Å². The van der Waals surface area contributed by atoms with Crippen molar-refractivity contribution in [1.82, 2.24) is 9.36 Å². The van der Waals surface area contributed by atoms with Crippen LogP contribution in [0.25, 0.3) is 0 Å². The molecule has 0 atom stereocenters. The summed E-state index contributed by atoms with van der Waals surface area (Å²) in [5, 5.41) is 0.884. The topological polar surface area (TPSA) is 55.3 Å². The molecule has 1 saturated heterocycles. The largest absolute Gasteiger partial charge is 0.466 e. The molecule has 7 heteroatoms. The Kier molecular flexibility index (Phi) is 5.40. The summed E-state index contributed by atoms with van der Waals surface area (Å²) in [5.41, 5.74) is 0.988. The summed E-state index contributed by atoms with van der Waals surface area (Å²) in [6, 6.07) is 6.40. The lowest BCUT2D eigenvalue weighted by atomic mass is 9.97. The van der Waals surface area contributed by atoms with Gasteiger partial charge in [-0.05, 0) is 37.5 Å². The molecule has 128 valence electrons. The number of nitrogens with zero attached hydrogens (tertiary/aromatic N) is 3. The number of carbonyl (C=O) groups excluding carboxylic acids is 1. The van der Waals surface area contributed by atoms with Gasteiger partial charge >= 0.3 is 5.97 Å². The molecule has 2 aromatic rings. The first-order valence-corrected chi connectivity index (χ1v) is 8.91. The minimum Gasteiger partial charge on any atom is -0.466 e. The molecule has 1 aromatic carbocycles. The van der Waals surface area contributed by atoms with Crippen molar-refractivity contribution in [3.8, 4) is 0 Å². The quantitative estimate of drug-likeness (QED) is 0.777. The maximum Gasteiger partial charge on any atom is 0.309 e. The maximum atomic E-state index is 12.9. The first kappa shape index (κ1) is 16.8. The molecule has 24 heavy (non-hydrogen) atoms. The van der Waals surface area contributed by atoms with Gasteiger partial charge in [-0.1, -0.05) is 12.1 Å². The van der Waals surface area contributed by atoms with Gasteiger partial charge in [-0.2, -0.15) is 4.37 Å². The normalized spacial score (nSPS) is 15.5. The average molecular weight is 349 g/mol. The summed E-state index contributed by atoms with van der Waals surface area (Å²) in [5.74, 6) is 0.406. The van der Waals surface area contributed by atoms with E-state index in [0.29, 0.717) is 13.0 Å². The van der Waals surface area contributed by atoms with Gasteiger partial charge in [0.15, 0.2) is 0 Å². The van der Waals surface area contributed by atoms with E-state index in [1.807, 2.05) is 6.92 Å². The fraction of sp³-hybridized carbons (Fsp3) is 0.471. The number of halogens is 1. The molecule has 0 spiro atoms. The zero-order valence-corrected chi connectivity index (χ0v) is 14.4. The Morgan fingerprint density at radius 3 is 2.71 bits per heavy atom. The van der Waals surface area contributed by atoms with Crippen LogP contribution in [0.4, 0.5) is 9.52 Å². The molecule has 3 rings (SSSR count). The second-order valence-corrected chi connectivity index (χ2v) is 6.54. The van der Waals surface area contributed by atoms with E-state index in [-0.39, 0.29) is 17.7 Å².